The Morgan fingerprint density at radius 1 is 0.732 bits per heavy atom. The summed E-state index contributed by atoms with van der Waals surface area (Å²) < 4.78 is 54.6. The van der Waals surface area contributed by atoms with Crippen molar-refractivity contribution >= 4 is 20.9 Å². The summed E-state index contributed by atoms with van der Waals surface area (Å²) in [6.07, 6.45) is 0.384. The SMILES string of the molecule is Cc1ccc(S(=O)(=O)OCC[C@H]2OC(C)(C)O[C@@H]2CCOc2ccc3ccc(OCc4ccccc4)cc3c2)cc1. The second-order valence-corrected chi connectivity index (χ2v) is 12.3. The maximum atomic E-state index is 12.5. The summed E-state index contributed by atoms with van der Waals surface area (Å²) in [4.78, 5) is 0.141. The predicted octanol–water partition coefficient (Wildman–Crippen LogP) is 6.81. The number of benzene rings is 4. The van der Waals surface area contributed by atoms with Crippen molar-refractivity contribution in [2.75, 3.05) is 13.2 Å². The van der Waals surface area contributed by atoms with Crippen LogP contribution in [-0.2, 0) is 30.4 Å². The van der Waals surface area contributed by atoms with Crippen LogP contribution in [0.3, 0.4) is 0 Å². The normalized spacial score (nSPS) is 18.4. The first-order valence-electron chi connectivity index (χ1n) is 13.8. The third-order valence-corrected chi connectivity index (χ3v) is 8.26. The fourth-order valence-corrected chi connectivity index (χ4v) is 5.78. The quantitative estimate of drug-likeness (QED) is 0.171. The van der Waals surface area contributed by atoms with Gasteiger partial charge in [0.15, 0.2) is 5.79 Å². The van der Waals surface area contributed by atoms with Crippen molar-refractivity contribution in [3.63, 3.8) is 0 Å². The molecular weight excluding hydrogens is 540 g/mol. The minimum absolute atomic E-state index is 0.00295. The number of hydrogen-bond donors (Lipinski definition) is 0. The van der Waals surface area contributed by atoms with Gasteiger partial charge in [-0.25, -0.2) is 0 Å². The first kappa shape index (κ1) is 29.1. The van der Waals surface area contributed by atoms with Gasteiger partial charge in [-0.2, -0.15) is 8.42 Å². The van der Waals surface area contributed by atoms with Crippen LogP contribution in [-0.4, -0.2) is 39.6 Å². The number of ether oxygens (including phenoxy) is 4. The van der Waals surface area contributed by atoms with Gasteiger partial charge in [0.25, 0.3) is 10.1 Å². The van der Waals surface area contributed by atoms with Crippen molar-refractivity contribution < 1.29 is 31.5 Å². The Kier molecular flexibility index (Phi) is 8.94. The zero-order chi connectivity index (χ0) is 28.9. The fourth-order valence-electron chi connectivity index (χ4n) is 4.86. The highest BCUT2D eigenvalue weighted by molar-refractivity contribution is 7.86. The molecule has 0 N–H and O–H groups in total. The Labute approximate surface area is 242 Å². The van der Waals surface area contributed by atoms with Crippen LogP contribution in [0.4, 0.5) is 0 Å². The molecule has 7 nitrogen and oxygen atoms in total. The zero-order valence-electron chi connectivity index (χ0n) is 23.6. The van der Waals surface area contributed by atoms with E-state index in [1.807, 2.05) is 87.5 Å². The van der Waals surface area contributed by atoms with E-state index in [1.165, 1.54) is 0 Å². The van der Waals surface area contributed by atoms with Gasteiger partial charge in [-0.05, 0) is 73.5 Å². The lowest BCUT2D eigenvalue weighted by Crippen LogP contribution is -2.26. The Morgan fingerprint density at radius 2 is 1.34 bits per heavy atom. The zero-order valence-corrected chi connectivity index (χ0v) is 24.4. The van der Waals surface area contributed by atoms with E-state index >= 15 is 0 Å². The Balaban J connectivity index is 1.14. The molecule has 5 rings (SSSR count). The molecule has 4 aromatic carbocycles. The van der Waals surface area contributed by atoms with Gasteiger partial charge in [0, 0.05) is 12.8 Å². The molecule has 0 unspecified atom stereocenters. The summed E-state index contributed by atoms with van der Waals surface area (Å²) in [7, 11) is -3.84. The van der Waals surface area contributed by atoms with E-state index in [4.69, 9.17) is 23.1 Å². The van der Waals surface area contributed by atoms with E-state index in [-0.39, 0.29) is 23.7 Å². The molecule has 2 atom stereocenters. The number of rotatable bonds is 12. The van der Waals surface area contributed by atoms with Gasteiger partial charge in [-0.3, -0.25) is 4.18 Å². The van der Waals surface area contributed by atoms with Crippen LogP contribution >= 0.6 is 0 Å². The standard InChI is InChI=1S/C33H36O7S/c1-24-9-15-30(16-10-24)41(34,35)38-20-18-32-31(39-33(2,3)40-32)17-19-36-28-13-11-26-12-14-29(22-27(26)21-28)37-23-25-7-5-4-6-8-25/h4-16,21-22,31-32H,17-20,23H2,1-3H3/t31-,32-/m1/s1. The fraction of sp³-hybridized carbons (Fsp3) is 0.333. The van der Waals surface area contributed by atoms with Gasteiger partial charge in [-0.15, -0.1) is 0 Å². The Bertz CT molecular complexity index is 1550. The maximum Gasteiger partial charge on any atom is 0.296 e. The molecule has 0 amide bonds. The minimum Gasteiger partial charge on any atom is -0.493 e. The maximum absolute atomic E-state index is 12.5. The van der Waals surface area contributed by atoms with Crippen molar-refractivity contribution in [2.45, 2.75) is 63.1 Å². The highest BCUT2D eigenvalue weighted by Gasteiger charge is 2.41. The minimum atomic E-state index is -3.84. The van der Waals surface area contributed by atoms with Gasteiger partial charge < -0.3 is 18.9 Å². The van der Waals surface area contributed by atoms with Gasteiger partial charge in [0.1, 0.15) is 18.1 Å². The molecule has 1 aliphatic heterocycles. The molecule has 0 aromatic heterocycles. The molecule has 0 radical (unpaired) electrons. The van der Waals surface area contributed by atoms with Crippen molar-refractivity contribution in [1.29, 1.82) is 0 Å². The summed E-state index contributed by atoms with van der Waals surface area (Å²) in [5.41, 5.74) is 2.10. The number of hydrogen-bond acceptors (Lipinski definition) is 7. The largest absolute Gasteiger partial charge is 0.493 e. The van der Waals surface area contributed by atoms with Crippen LogP contribution in [0.5, 0.6) is 11.5 Å². The molecular formula is C33H36O7S. The van der Waals surface area contributed by atoms with Crippen LogP contribution in [0, 0.1) is 6.92 Å². The highest BCUT2D eigenvalue weighted by Crippen LogP contribution is 2.32. The van der Waals surface area contributed by atoms with Crippen molar-refractivity contribution in [1.82, 2.24) is 0 Å². The molecule has 1 heterocycles. The molecule has 4 aromatic rings. The molecule has 0 saturated carbocycles. The molecule has 0 aliphatic carbocycles. The molecule has 8 heteroatoms. The van der Waals surface area contributed by atoms with Gasteiger partial charge in [-0.1, -0.05) is 60.2 Å². The van der Waals surface area contributed by atoms with Crippen LogP contribution in [0.25, 0.3) is 10.8 Å². The van der Waals surface area contributed by atoms with Crippen LogP contribution in [0.15, 0.2) is 95.9 Å². The van der Waals surface area contributed by atoms with Crippen LogP contribution in [0.1, 0.15) is 37.8 Å². The molecule has 41 heavy (non-hydrogen) atoms. The third kappa shape index (κ3) is 7.86. The van der Waals surface area contributed by atoms with E-state index in [0.29, 0.717) is 26.1 Å². The molecule has 1 fully saturated rings. The van der Waals surface area contributed by atoms with Crippen molar-refractivity contribution in [2.24, 2.45) is 0 Å². The average molecular weight is 577 g/mol. The summed E-state index contributed by atoms with van der Waals surface area (Å²) in [5, 5.41) is 2.12. The summed E-state index contributed by atoms with van der Waals surface area (Å²) in [5.74, 6) is 0.774. The van der Waals surface area contributed by atoms with E-state index in [0.717, 1.165) is 33.4 Å². The van der Waals surface area contributed by atoms with E-state index in [1.54, 1.807) is 24.3 Å². The topological polar surface area (TPSA) is 80.3 Å². The van der Waals surface area contributed by atoms with Crippen molar-refractivity contribution in [3.8, 4) is 11.5 Å². The summed E-state index contributed by atoms with van der Waals surface area (Å²) >= 11 is 0. The summed E-state index contributed by atoms with van der Waals surface area (Å²) in [6, 6.07) is 28.7. The monoisotopic (exact) mass is 576 g/mol. The Hall–Kier alpha value is -3.43. The van der Waals surface area contributed by atoms with Crippen molar-refractivity contribution in [3.05, 3.63) is 102 Å². The second-order valence-electron chi connectivity index (χ2n) is 10.7. The second kappa shape index (κ2) is 12.6. The van der Waals surface area contributed by atoms with Gasteiger partial charge in [0.2, 0.25) is 0 Å². The van der Waals surface area contributed by atoms with Crippen LogP contribution < -0.4 is 9.47 Å². The number of aryl methyl sites for hydroxylation is 1. The first-order chi connectivity index (χ1) is 19.7. The number of fused-ring (bicyclic) bond motifs is 1. The van der Waals surface area contributed by atoms with E-state index < -0.39 is 15.9 Å². The first-order valence-corrected chi connectivity index (χ1v) is 15.2. The van der Waals surface area contributed by atoms with Gasteiger partial charge in [0.05, 0.1) is 30.3 Å². The average Bonchev–Trinajstić information content (AvgIpc) is 3.25. The highest BCUT2D eigenvalue weighted by atomic mass is 32.2. The van der Waals surface area contributed by atoms with E-state index in [9.17, 15) is 8.42 Å². The lowest BCUT2D eigenvalue weighted by molar-refractivity contribution is -0.147. The molecule has 1 aliphatic rings. The molecule has 216 valence electrons. The Morgan fingerprint density at radius 3 is 2.00 bits per heavy atom. The molecule has 0 spiro atoms. The molecule has 0 bridgehead atoms. The van der Waals surface area contributed by atoms with E-state index in [2.05, 4.69) is 0 Å². The third-order valence-electron chi connectivity index (χ3n) is 6.94. The lowest BCUT2D eigenvalue weighted by atomic mass is 10.1. The lowest BCUT2D eigenvalue weighted by Gasteiger charge is -2.17. The smallest absolute Gasteiger partial charge is 0.296 e. The predicted molar refractivity (Wildman–Crippen MR) is 158 cm³/mol. The van der Waals surface area contributed by atoms with Gasteiger partial charge >= 0.3 is 0 Å². The van der Waals surface area contributed by atoms with Crippen LogP contribution in [0.2, 0.25) is 0 Å². The summed E-state index contributed by atoms with van der Waals surface area (Å²) in [6.45, 7) is 6.53. The molecule has 1 saturated heterocycles.